The van der Waals surface area contributed by atoms with E-state index in [4.69, 9.17) is 9.26 Å². The molecule has 0 bridgehead atoms. The summed E-state index contributed by atoms with van der Waals surface area (Å²) in [5, 5.41) is 3.84. The molecule has 1 atom stereocenters. The number of aryl methyl sites for hydroxylation is 1. The molecule has 22 heavy (non-hydrogen) atoms. The molecule has 0 unspecified atom stereocenters. The third kappa shape index (κ3) is 2.98. The number of carbonyl (C=O) groups is 1. The second kappa shape index (κ2) is 6.22. The quantitative estimate of drug-likeness (QED) is 0.871. The van der Waals surface area contributed by atoms with Crippen LogP contribution in [0.5, 0.6) is 5.75 Å². The lowest BCUT2D eigenvalue weighted by Gasteiger charge is -2.24. The van der Waals surface area contributed by atoms with E-state index in [2.05, 4.69) is 17.3 Å². The number of aromatic nitrogens is 1. The van der Waals surface area contributed by atoms with Gasteiger partial charge in [0, 0.05) is 18.7 Å². The maximum atomic E-state index is 12.5. The molecule has 1 aliphatic rings. The van der Waals surface area contributed by atoms with Crippen LogP contribution < -0.4 is 4.74 Å². The summed E-state index contributed by atoms with van der Waals surface area (Å²) in [6.07, 6.45) is 2.91. The Kier molecular flexibility index (Phi) is 4.13. The zero-order valence-corrected chi connectivity index (χ0v) is 12.9. The molecule has 3 rings (SSSR count). The van der Waals surface area contributed by atoms with Gasteiger partial charge in [-0.15, -0.1) is 0 Å². The number of carbonyl (C=O) groups excluding carboxylic acids is 1. The molecule has 2 heterocycles. The highest BCUT2D eigenvalue weighted by Crippen LogP contribution is 2.24. The zero-order chi connectivity index (χ0) is 15.5. The monoisotopic (exact) mass is 300 g/mol. The number of nitrogens with zero attached hydrogens (tertiary/aromatic N) is 2. The summed E-state index contributed by atoms with van der Waals surface area (Å²) >= 11 is 0. The van der Waals surface area contributed by atoms with Crippen molar-refractivity contribution in [3.05, 3.63) is 47.3 Å². The molecule has 0 spiro atoms. The molecule has 5 nitrogen and oxygen atoms in total. The Hall–Kier alpha value is -2.30. The van der Waals surface area contributed by atoms with E-state index in [1.807, 2.05) is 17.0 Å². The molecule has 0 saturated carbocycles. The van der Waals surface area contributed by atoms with E-state index in [0.29, 0.717) is 11.5 Å². The molecule has 1 amide bonds. The van der Waals surface area contributed by atoms with Gasteiger partial charge in [-0.3, -0.25) is 4.79 Å². The van der Waals surface area contributed by atoms with Gasteiger partial charge in [0.05, 0.1) is 7.11 Å². The van der Waals surface area contributed by atoms with Gasteiger partial charge in [-0.2, -0.15) is 0 Å². The van der Waals surface area contributed by atoms with Gasteiger partial charge in [-0.1, -0.05) is 17.3 Å². The van der Waals surface area contributed by atoms with E-state index >= 15 is 0 Å². The van der Waals surface area contributed by atoms with E-state index in [1.165, 1.54) is 5.56 Å². The van der Waals surface area contributed by atoms with Crippen LogP contribution in [0.2, 0.25) is 0 Å². The number of rotatable bonds is 4. The predicted octanol–water partition coefficient (Wildman–Crippen LogP) is 2.84. The van der Waals surface area contributed by atoms with Crippen LogP contribution in [0.3, 0.4) is 0 Å². The predicted molar refractivity (Wildman–Crippen MR) is 82.0 cm³/mol. The number of amides is 1. The molecule has 1 aliphatic heterocycles. The molecule has 1 fully saturated rings. The van der Waals surface area contributed by atoms with Gasteiger partial charge in [0.15, 0.2) is 5.69 Å². The van der Waals surface area contributed by atoms with E-state index in [-0.39, 0.29) is 11.9 Å². The van der Waals surface area contributed by atoms with Crippen molar-refractivity contribution in [3.63, 3.8) is 0 Å². The first-order chi connectivity index (χ1) is 10.7. The van der Waals surface area contributed by atoms with Gasteiger partial charge < -0.3 is 14.2 Å². The van der Waals surface area contributed by atoms with Crippen molar-refractivity contribution in [3.8, 4) is 5.75 Å². The summed E-state index contributed by atoms with van der Waals surface area (Å²) < 4.78 is 10.2. The maximum absolute atomic E-state index is 12.5. The minimum absolute atomic E-state index is 0.0344. The van der Waals surface area contributed by atoms with Crippen LogP contribution in [-0.2, 0) is 6.42 Å². The zero-order valence-electron chi connectivity index (χ0n) is 12.9. The third-order valence-corrected chi connectivity index (χ3v) is 4.12. The minimum atomic E-state index is -0.0344. The molecule has 0 aliphatic carbocycles. The van der Waals surface area contributed by atoms with Crippen LogP contribution in [0.25, 0.3) is 0 Å². The van der Waals surface area contributed by atoms with Gasteiger partial charge in [0.25, 0.3) is 5.91 Å². The number of hydrogen-bond donors (Lipinski definition) is 0. The Labute approximate surface area is 129 Å². The molecule has 116 valence electrons. The van der Waals surface area contributed by atoms with Gasteiger partial charge in [0.1, 0.15) is 11.5 Å². The molecule has 5 heteroatoms. The van der Waals surface area contributed by atoms with Crippen LogP contribution in [0, 0.1) is 6.92 Å². The Morgan fingerprint density at radius 2 is 2.18 bits per heavy atom. The van der Waals surface area contributed by atoms with E-state index in [0.717, 1.165) is 31.6 Å². The summed E-state index contributed by atoms with van der Waals surface area (Å²) in [4.78, 5) is 14.5. The highest BCUT2D eigenvalue weighted by atomic mass is 16.5. The SMILES string of the molecule is COc1ccc(C[C@H]2CCCN2C(=O)c2cc(C)on2)cc1. The maximum Gasteiger partial charge on any atom is 0.276 e. The van der Waals surface area contributed by atoms with Crippen LogP contribution in [0.15, 0.2) is 34.9 Å². The van der Waals surface area contributed by atoms with Gasteiger partial charge in [0.2, 0.25) is 0 Å². The highest BCUT2D eigenvalue weighted by Gasteiger charge is 2.30. The van der Waals surface area contributed by atoms with Crippen molar-refractivity contribution in [1.82, 2.24) is 10.1 Å². The number of likely N-dealkylation sites (tertiary alicyclic amines) is 1. The Bertz CT molecular complexity index is 648. The first kappa shape index (κ1) is 14.6. The summed E-state index contributed by atoms with van der Waals surface area (Å²) in [5.41, 5.74) is 1.61. The van der Waals surface area contributed by atoms with Crippen molar-refractivity contribution >= 4 is 5.91 Å². The molecular weight excluding hydrogens is 280 g/mol. The molecule has 1 aromatic carbocycles. The smallest absolute Gasteiger partial charge is 0.276 e. The number of hydrogen-bond acceptors (Lipinski definition) is 4. The van der Waals surface area contributed by atoms with Gasteiger partial charge in [-0.25, -0.2) is 0 Å². The Balaban J connectivity index is 1.71. The standard InChI is InChI=1S/C17H20N2O3/c1-12-10-16(18-22-12)17(20)19-9-3-4-14(19)11-13-5-7-15(21-2)8-6-13/h5-8,10,14H,3-4,9,11H2,1-2H3/t14-/m1/s1. The lowest BCUT2D eigenvalue weighted by atomic mass is 10.0. The fraction of sp³-hybridized carbons (Fsp3) is 0.412. The van der Waals surface area contributed by atoms with Gasteiger partial charge >= 0.3 is 0 Å². The summed E-state index contributed by atoms with van der Waals surface area (Å²) in [6.45, 7) is 2.58. The normalized spacial score (nSPS) is 17.7. The molecule has 2 aromatic rings. The lowest BCUT2D eigenvalue weighted by molar-refractivity contribution is 0.0726. The Morgan fingerprint density at radius 3 is 2.82 bits per heavy atom. The molecule has 0 radical (unpaired) electrons. The van der Waals surface area contributed by atoms with Crippen molar-refractivity contribution < 1.29 is 14.1 Å². The largest absolute Gasteiger partial charge is 0.497 e. The van der Waals surface area contributed by atoms with Crippen molar-refractivity contribution in [2.24, 2.45) is 0 Å². The van der Waals surface area contributed by atoms with E-state index in [9.17, 15) is 4.79 Å². The number of ether oxygens (including phenoxy) is 1. The summed E-state index contributed by atoms with van der Waals surface area (Å²) in [6, 6.07) is 9.94. The van der Waals surface area contributed by atoms with E-state index < -0.39 is 0 Å². The first-order valence-electron chi connectivity index (χ1n) is 7.54. The summed E-state index contributed by atoms with van der Waals surface area (Å²) in [7, 11) is 1.66. The van der Waals surface area contributed by atoms with Gasteiger partial charge in [-0.05, 0) is 43.9 Å². The van der Waals surface area contributed by atoms with Crippen molar-refractivity contribution in [2.45, 2.75) is 32.2 Å². The van der Waals surface area contributed by atoms with Crippen molar-refractivity contribution in [1.29, 1.82) is 0 Å². The minimum Gasteiger partial charge on any atom is -0.497 e. The van der Waals surface area contributed by atoms with E-state index in [1.54, 1.807) is 20.1 Å². The molecule has 1 saturated heterocycles. The molecular formula is C17H20N2O3. The van der Waals surface area contributed by atoms with Crippen LogP contribution in [0.1, 0.15) is 34.7 Å². The van der Waals surface area contributed by atoms with Crippen LogP contribution >= 0.6 is 0 Å². The van der Waals surface area contributed by atoms with Crippen molar-refractivity contribution in [2.75, 3.05) is 13.7 Å². The lowest BCUT2D eigenvalue weighted by Crippen LogP contribution is -2.37. The number of benzene rings is 1. The van der Waals surface area contributed by atoms with Crippen LogP contribution in [0.4, 0.5) is 0 Å². The fourth-order valence-corrected chi connectivity index (χ4v) is 2.96. The molecule has 1 aromatic heterocycles. The first-order valence-corrected chi connectivity index (χ1v) is 7.54. The molecule has 0 N–H and O–H groups in total. The second-order valence-corrected chi connectivity index (χ2v) is 5.67. The third-order valence-electron chi connectivity index (χ3n) is 4.12. The second-order valence-electron chi connectivity index (χ2n) is 5.67. The number of methoxy groups -OCH3 is 1. The highest BCUT2D eigenvalue weighted by molar-refractivity contribution is 5.92. The summed E-state index contributed by atoms with van der Waals surface area (Å²) in [5.74, 6) is 1.48. The fourth-order valence-electron chi connectivity index (χ4n) is 2.96. The topological polar surface area (TPSA) is 55.6 Å². The van der Waals surface area contributed by atoms with Crippen LogP contribution in [-0.4, -0.2) is 35.7 Å². The average Bonchev–Trinajstić information content (AvgIpc) is 3.16. The Morgan fingerprint density at radius 1 is 1.41 bits per heavy atom. The average molecular weight is 300 g/mol.